The molecule has 3 rings (SSSR count). The summed E-state index contributed by atoms with van der Waals surface area (Å²) in [6.07, 6.45) is 3.35. The van der Waals surface area contributed by atoms with E-state index in [0.717, 1.165) is 19.4 Å². The van der Waals surface area contributed by atoms with Gasteiger partial charge in [0, 0.05) is 25.3 Å². The standard InChI is InChI=1S/C17H25FN4O2/c1-13(2)20-16(23)22-9-10-24-17(12-22)6-4-8-21(11-17)15-14(18)5-3-7-19-15/h3,5,7,13H,4,6,8-12H2,1-2H3,(H,20,23)/t17-/m0/s1. The van der Waals surface area contributed by atoms with Gasteiger partial charge in [-0.3, -0.25) is 0 Å². The fourth-order valence-corrected chi connectivity index (χ4v) is 3.49. The number of nitrogens with one attached hydrogen (secondary N) is 1. The molecule has 2 aliphatic heterocycles. The highest BCUT2D eigenvalue weighted by Crippen LogP contribution is 2.31. The van der Waals surface area contributed by atoms with E-state index >= 15 is 0 Å². The van der Waals surface area contributed by atoms with Gasteiger partial charge in [0.05, 0.1) is 19.7 Å². The van der Waals surface area contributed by atoms with Gasteiger partial charge in [-0.2, -0.15) is 0 Å². The summed E-state index contributed by atoms with van der Waals surface area (Å²) in [7, 11) is 0. The minimum absolute atomic E-state index is 0.0613. The third-order valence-electron chi connectivity index (χ3n) is 4.53. The second kappa shape index (κ2) is 6.93. The Hall–Kier alpha value is -1.89. The Morgan fingerprint density at radius 2 is 2.25 bits per heavy atom. The maximum atomic E-state index is 14.1. The lowest BCUT2D eigenvalue weighted by molar-refractivity contribution is -0.103. The summed E-state index contributed by atoms with van der Waals surface area (Å²) in [6, 6.07) is 3.05. The van der Waals surface area contributed by atoms with Gasteiger partial charge in [-0.1, -0.05) is 0 Å². The van der Waals surface area contributed by atoms with Gasteiger partial charge in [-0.15, -0.1) is 0 Å². The molecule has 24 heavy (non-hydrogen) atoms. The molecule has 0 bridgehead atoms. The zero-order valence-electron chi connectivity index (χ0n) is 14.3. The first-order valence-corrected chi connectivity index (χ1v) is 8.54. The second-order valence-corrected chi connectivity index (χ2v) is 6.89. The summed E-state index contributed by atoms with van der Waals surface area (Å²) in [5, 5.41) is 2.93. The number of piperidine rings is 1. The van der Waals surface area contributed by atoms with Gasteiger partial charge in [-0.25, -0.2) is 14.2 Å². The van der Waals surface area contributed by atoms with E-state index < -0.39 is 5.60 Å². The smallest absolute Gasteiger partial charge is 0.317 e. The Balaban J connectivity index is 1.72. The van der Waals surface area contributed by atoms with Crippen molar-refractivity contribution in [2.24, 2.45) is 0 Å². The summed E-state index contributed by atoms with van der Waals surface area (Å²) in [5.41, 5.74) is -0.450. The van der Waals surface area contributed by atoms with Crippen LogP contribution in [0, 0.1) is 5.82 Å². The highest BCUT2D eigenvalue weighted by molar-refractivity contribution is 5.74. The molecule has 0 aliphatic carbocycles. The van der Waals surface area contributed by atoms with E-state index in [9.17, 15) is 9.18 Å². The third-order valence-corrected chi connectivity index (χ3v) is 4.53. The monoisotopic (exact) mass is 336 g/mol. The van der Waals surface area contributed by atoms with Crippen LogP contribution in [-0.4, -0.2) is 60.3 Å². The van der Waals surface area contributed by atoms with Crippen LogP contribution in [0.2, 0.25) is 0 Å². The molecule has 2 amide bonds. The van der Waals surface area contributed by atoms with Crippen molar-refractivity contribution in [2.75, 3.05) is 37.7 Å². The number of carbonyl (C=O) groups is 1. The molecule has 7 heteroatoms. The highest BCUT2D eigenvalue weighted by atomic mass is 19.1. The lowest BCUT2D eigenvalue weighted by atomic mass is 9.90. The van der Waals surface area contributed by atoms with Gasteiger partial charge in [0.1, 0.15) is 5.60 Å². The Kier molecular flexibility index (Phi) is 4.89. The number of nitrogens with zero attached hydrogens (tertiary/aromatic N) is 3. The molecule has 1 atom stereocenters. The van der Waals surface area contributed by atoms with E-state index in [1.165, 1.54) is 6.07 Å². The second-order valence-electron chi connectivity index (χ2n) is 6.89. The summed E-state index contributed by atoms with van der Waals surface area (Å²) in [4.78, 5) is 20.2. The van der Waals surface area contributed by atoms with Crippen LogP contribution in [0.4, 0.5) is 15.0 Å². The normalized spacial score (nSPS) is 24.5. The van der Waals surface area contributed by atoms with Gasteiger partial charge in [0.2, 0.25) is 0 Å². The third kappa shape index (κ3) is 3.61. The van der Waals surface area contributed by atoms with Crippen LogP contribution in [0.25, 0.3) is 0 Å². The topological polar surface area (TPSA) is 57.7 Å². The SMILES string of the molecule is CC(C)NC(=O)N1CCO[C@]2(CCCN(c3ncccc3F)C2)C1. The molecule has 1 aromatic heterocycles. The number of carbonyl (C=O) groups excluding carboxylic acids is 1. The van der Waals surface area contributed by atoms with E-state index in [0.29, 0.717) is 32.1 Å². The lowest BCUT2D eigenvalue weighted by Crippen LogP contribution is -2.62. The summed E-state index contributed by atoms with van der Waals surface area (Å²) in [6.45, 7) is 6.79. The molecule has 2 fully saturated rings. The maximum absolute atomic E-state index is 14.1. The van der Waals surface area contributed by atoms with E-state index in [-0.39, 0.29) is 17.9 Å². The molecule has 1 N–H and O–H groups in total. The van der Waals surface area contributed by atoms with Crippen LogP contribution < -0.4 is 10.2 Å². The van der Waals surface area contributed by atoms with Crippen molar-refractivity contribution in [3.05, 3.63) is 24.1 Å². The molecule has 0 aromatic carbocycles. The molecule has 3 heterocycles. The average Bonchev–Trinajstić information content (AvgIpc) is 2.55. The van der Waals surface area contributed by atoms with Crippen molar-refractivity contribution in [3.8, 4) is 0 Å². The molecule has 2 saturated heterocycles. The summed E-state index contributed by atoms with van der Waals surface area (Å²) in [5.74, 6) is 0.0451. The zero-order valence-corrected chi connectivity index (χ0v) is 14.3. The summed E-state index contributed by atoms with van der Waals surface area (Å²) >= 11 is 0. The molecular formula is C17H25FN4O2. The molecule has 0 saturated carbocycles. The number of anilines is 1. The molecule has 132 valence electrons. The highest BCUT2D eigenvalue weighted by Gasteiger charge is 2.42. The Morgan fingerprint density at radius 1 is 1.42 bits per heavy atom. The Bertz CT molecular complexity index is 594. The van der Waals surface area contributed by atoms with Gasteiger partial charge in [0.25, 0.3) is 0 Å². The number of hydrogen-bond donors (Lipinski definition) is 1. The van der Waals surface area contributed by atoms with Crippen LogP contribution in [0.5, 0.6) is 0 Å². The van der Waals surface area contributed by atoms with Crippen molar-refractivity contribution in [3.63, 3.8) is 0 Å². The molecule has 0 unspecified atom stereocenters. The average molecular weight is 336 g/mol. The van der Waals surface area contributed by atoms with Crippen LogP contribution in [0.3, 0.4) is 0 Å². The van der Waals surface area contributed by atoms with Crippen LogP contribution in [-0.2, 0) is 4.74 Å². The van der Waals surface area contributed by atoms with Gasteiger partial charge < -0.3 is 19.9 Å². The predicted octanol–water partition coefficient (Wildman–Crippen LogP) is 2.01. The van der Waals surface area contributed by atoms with Gasteiger partial charge in [0.15, 0.2) is 11.6 Å². The molecule has 2 aliphatic rings. The van der Waals surface area contributed by atoms with Crippen molar-refractivity contribution in [2.45, 2.75) is 38.3 Å². The minimum Gasteiger partial charge on any atom is -0.369 e. The van der Waals surface area contributed by atoms with E-state index in [4.69, 9.17) is 4.74 Å². The quantitative estimate of drug-likeness (QED) is 0.898. The number of pyridine rings is 1. The predicted molar refractivity (Wildman–Crippen MR) is 89.6 cm³/mol. The van der Waals surface area contributed by atoms with Crippen LogP contribution in [0.15, 0.2) is 18.3 Å². The number of morpholine rings is 1. The fourth-order valence-electron chi connectivity index (χ4n) is 3.49. The summed E-state index contributed by atoms with van der Waals surface area (Å²) < 4.78 is 20.1. The maximum Gasteiger partial charge on any atom is 0.317 e. The first kappa shape index (κ1) is 17.0. The molecule has 1 spiro atoms. The number of aromatic nitrogens is 1. The number of amides is 2. The van der Waals surface area contributed by atoms with E-state index in [1.807, 2.05) is 23.6 Å². The van der Waals surface area contributed by atoms with Crippen molar-refractivity contribution in [1.29, 1.82) is 0 Å². The van der Waals surface area contributed by atoms with Crippen molar-refractivity contribution >= 4 is 11.8 Å². The van der Waals surface area contributed by atoms with E-state index in [2.05, 4.69) is 10.3 Å². The molecule has 0 radical (unpaired) electrons. The number of halogens is 1. The molecular weight excluding hydrogens is 311 g/mol. The van der Waals surface area contributed by atoms with Crippen LogP contribution >= 0.6 is 0 Å². The number of urea groups is 1. The zero-order chi connectivity index (χ0) is 17.2. The number of rotatable bonds is 2. The first-order valence-electron chi connectivity index (χ1n) is 8.54. The van der Waals surface area contributed by atoms with Crippen molar-refractivity contribution < 1.29 is 13.9 Å². The van der Waals surface area contributed by atoms with Gasteiger partial charge >= 0.3 is 6.03 Å². The number of hydrogen-bond acceptors (Lipinski definition) is 4. The fraction of sp³-hybridized carbons (Fsp3) is 0.647. The van der Waals surface area contributed by atoms with Crippen molar-refractivity contribution in [1.82, 2.24) is 15.2 Å². The van der Waals surface area contributed by atoms with E-state index in [1.54, 1.807) is 12.3 Å². The largest absolute Gasteiger partial charge is 0.369 e. The van der Waals surface area contributed by atoms with Crippen LogP contribution in [0.1, 0.15) is 26.7 Å². The number of ether oxygens (including phenoxy) is 1. The van der Waals surface area contributed by atoms with Gasteiger partial charge in [-0.05, 0) is 38.8 Å². The Morgan fingerprint density at radius 3 is 3.00 bits per heavy atom. The first-order chi connectivity index (χ1) is 11.5. The minimum atomic E-state index is -0.450. The molecule has 6 nitrogen and oxygen atoms in total. The lowest BCUT2D eigenvalue weighted by Gasteiger charge is -2.48. The molecule has 1 aromatic rings. The Labute approximate surface area is 142 Å².